The molecule has 0 aliphatic carbocycles. The van der Waals surface area contributed by atoms with Crippen LogP contribution in [0, 0.1) is 11.7 Å². The van der Waals surface area contributed by atoms with Gasteiger partial charge in [0.15, 0.2) is 0 Å². The van der Waals surface area contributed by atoms with Gasteiger partial charge in [0.05, 0.1) is 6.10 Å². The first-order chi connectivity index (χ1) is 8.41. The first kappa shape index (κ1) is 14.4. The van der Waals surface area contributed by atoms with Crippen LogP contribution in [-0.4, -0.2) is 28.8 Å². The smallest absolute Gasteiger partial charge is 0.258 e. The highest BCUT2D eigenvalue weighted by Gasteiger charge is 2.17. The topological polar surface area (TPSA) is 69.6 Å². The largest absolute Gasteiger partial charge is 0.507 e. The van der Waals surface area contributed by atoms with Crippen molar-refractivity contribution in [2.24, 2.45) is 5.92 Å². The van der Waals surface area contributed by atoms with E-state index in [0.717, 1.165) is 6.07 Å². The Kier molecular flexibility index (Phi) is 5.09. The van der Waals surface area contributed by atoms with Crippen molar-refractivity contribution in [3.05, 3.63) is 29.6 Å². The molecule has 0 heterocycles. The van der Waals surface area contributed by atoms with E-state index in [1.807, 2.05) is 13.8 Å². The number of carbonyl (C=O) groups is 1. The number of phenols is 1. The average molecular weight is 255 g/mol. The number of nitrogens with one attached hydrogen (secondary N) is 1. The second kappa shape index (κ2) is 6.35. The van der Waals surface area contributed by atoms with Crippen LogP contribution in [0.4, 0.5) is 4.39 Å². The van der Waals surface area contributed by atoms with Crippen molar-refractivity contribution in [1.29, 1.82) is 0 Å². The first-order valence-corrected chi connectivity index (χ1v) is 5.85. The van der Waals surface area contributed by atoms with Crippen LogP contribution in [0.3, 0.4) is 0 Å². The van der Waals surface area contributed by atoms with Gasteiger partial charge in [-0.1, -0.05) is 19.9 Å². The van der Waals surface area contributed by atoms with Gasteiger partial charge in [-0.25, -0.2) is 4.39 Å². The number of hydrogen-bond donors (Lipinski definition) is 3. The van der Waals surface area contributed by atoms with Crippen LogP contribution in [0.15, 0.2) is 18.2 Å². The van der Waals surface area contributed by atoms with E-state index >= 15 is 0 Å². The normalized spacial score (nSPS) is 12.5. The fraction of sp³-hybridized carbons (Fsp3) is 0.462. The molecule has 0 bridgehead atoms. The zero-order chi connectivity index (χ0) is 13.7. The summed E-state index contributed by atoms with van der Waals surface area (Å²) >= 11 is 0. The molecule has 3 N–H and O–H groups in total. The van der Waals surface area contributed by atoms with Crippen LogP contribution in [0.2, 0.25) is 0 Å². The van der Waals surface area contributed by atoms with E-state index in [4.69, 9.17) is 0 Å². The van der Waals surface area contributed by atoms with Gasteiger partial charge >= 0.3 is 0 Å². The summed E-state index contributed by atoms with van der Waals surface area (Å²) in [5.74, 6) is -1.62. The van der Waals surface area contributed by atoms with Gasteiger partial charge in [0.1, 0.15) is 17.1 Å². The third-order valence-electron chi connectivity index (χ3n) is 2.46. The third-order valence-corrected chi connectivity index (χ3v) is 2.46. The van der Waals surface area contributed by atoms with Gasteiger partial charge < -0.3 is 15.5 Å². The maximum absolute atomic E-state index is 13.4. The molecule has 0 radical (unpaired) electrons. The predicted molar refractivity (Wildman–Crippen MR) is 65.9 cm³/mol. The number of halogens is 1. The molecule has 1 aromatic carbocycles. The van der Waals surface area contributed by atoms with Gasteiger partial charge in [0, 0.05) is 6.54 Å². The van der Waals surface area contributed by atoms with Crippen molar-refractivity contribution in [3.8, 4) is 5.75 Å². The summed E-state index contributed by atoms with van der Waals surface area (Å²) in [4.78, 5) is 11.7. The number of aliphatic hydroxyl groups excluding tert-OH is 1. The van der Waals surface area contributed by atoms with Crippen molar-refractivity contribution in [2.45, 2.75) is 26.4 Å². The maximum Gasteiger partial charge on any atom is 0.258 e. The van der Waals surface area contributed by atoms with E-state index in [1.165, 1.54) is 12.1 Å². The summed E-state index contributed by atoms with van der Waals surface area (Å²) < 4.78 is 13.4. The Morgan fingerprint density at radius 3 is 2.67 bits per heavy atom. The van der Waals surface area contributed by atoms with E-state index in [0.29, 0.717) is 12.3 Å². The fourth-order valence-corrected chi connectivity index (χ4v) is 1.66. The van der Waals surface area contributed by atoms with Gasteiger partial charge in [0.2, 0.25) is 0 Å². The summed E-state index contributed by atoms with van der Waals surface area (Å²) in [5.41, 5.74) is -0.394. The van der Waals surface area contributed by atoms with Crippen LogP contribution in [-0.2, 0) is 0 Å². The Morgan fingerprint density at radius 2 is 2.11 bits per heavy atom. The lowest BCUT2D eigenvalue weighted by Crippen LogP contribution is -2.33. The highest BCUT2D eigenvalue weighted by Crippen LogP contribution is 2.19. The van der Waals surface area contributed by atoms with E-state index in [-0.39, 0.29) is 6.54 Å². The minimum atomic E-state index is -0.786. The Morgan fingerprint density at radius 1 is 1.44 bits per heavy atom. The Bertz CT molecular complexity index is 400. The van der Waals surface area contributed by atoms with Crippen molar-refractivity contribution in [3.63, 3.8) is 0 Å². The Hall–Kier alpha value is -1.62. The minimum absolute atomic E-state index is 0.0325. The quantitative estimate of drug-likeness (QED) is 0.749. The van der Waals surface area contributed by atoms with Gasteiger partial charge in [-0.3, -0.25) is 4.79 Å². The molecular weight excluding hydrogens is 237 g/mol. The van der Waals surface area contributed by atoms with Crippen LogP contribution < -0.4 is 5.32 Å². The molecule has 5 heteroatoms. The van der Waals surface area contributed by atoms with Crippen molar-refractivity contribution < 1.29 is 19.4 Å². The molecule has 100 valence electrons. The first-order valence-electron chi connectivity index (χ1n) is 5.85. The highest BCUT2D eigenvalue weighted by molar-refractivity contribution is 5.97. The van der Waals surface area contributed by atoms with Gasteiger partial charge in [-0.2, -0.15) is 0 Å². The molecule has 0 aromatic heterocycles. The molecule has 0 spiro atoms. The number of benzene rings is 1. The number of aromatic hydroxyl groups is 1. The number of hydrogen-bond acceptors (Lipinski definition) is 3. The standard InChI is InChI=1S/C13H18FNO3/c1-8(2)6-9(16)7-15-13(18)12-10(14)4-3-5-11(12)17/h3-5,8-9,16-17H,6-7H2,1-2H3,(H,15,18). The second-order valence-electron chi connectivity index (χ2n) is 4.63. The molecule has 0 fully saturated rings. The molecular formula is C13H18FNO3. The molecule has 1 rings (SSSR count). The zero-order valence-corrected chi connectivity index (χ0v) is 10.5. The predicted octanol–water partition coefficient (Wildman–Crippen LogP) is 1.67. The monoisotopic (exact) mass is 255 g/mol. The molecule has 4 nitrogen and oxygen atoms in total. The average Bonchev–Trinajstić information content (AvgIpc) is 2.25. The van der Waals surface area contributed by atoms with Crippen molar-refractivity contribution in [2.75, 3.05) is 6.54 Å². The minimum Gasteiger partial charge on any atom is -0.507 e. The van der Waals surface area contributed by atoms with Gasteiger partial charge in [-0.05, 0) is 24.5 Å². The van der Waals surface area contributed by atoms with Crippen LogP contribution in [0.1, 0.15) is 30.6 Å². The Labute approximate surface area is 105 Å². The summed E-state index contributed by atoms with van der Waals surface area (Å²) in [6, 6.07) is 3.65. The summed E-state index contributed by atoms with van der Waals surface area (Å²) in [6.07, 6.45) is -0.133. The SMILES string of the molecule is CC(C)CC(O)CNC(=O)c1c(O)cccc1F. The fourth-order valence-electron chi connectivity index (χ4n) is 1.66. The zero-order valence-electron chi connectivity index (χ0n) is 10.5. The van der Waals surface area contributed by atoms with Crippen molar-refractivity contribution >= 4 is 5.91 Å². The highest BCUT2D eigenvalue weighted by atomic mass is 19.1. The molecule has 0 saturated carbocycles. The molecule has 1 aromatic rings. The lowest BCUT2D eigenvalue weighted by Gasteiger charge is -2.14. The van der Waals surface area contributed by atoms with Crippen LogP contribution in [0.25, 0.3) is 0 Å². The molecule has 1 atom stereocenters. The summed E-state index contributed by atoms with van der Waals surface area (Å²) in [5, 5.41) is 21.4. The number of carbonyl (C=O) groups excluding carboxylic acids is 1. The molecule has 0 aliphatic rings. The summed E-state index contributed by atoms with van der Waals surface area (Å²) in [7, 11) is 0. The summed E-state index contributed by atoms with van der Waals surface area (Å²) in [6.45, 7) is 3.94. The number of phenolic OH excluding ortho intramolecular Hbond substituents is 1. The lowest BCUT2D eigenvalue weighted by atomic mass is 10.1. The maximum atomic E-state index is 13.4. The van der Waals surface area contributed by atoms with E-state index in [2.05, 4.69) is 5.32 Å². The molecule has 0 saturated heterocycles. The van der Waals surface area contributed by atoms with E-state index in [1.54, 1.807) is 0 Å². The van der Waals surface area contributed by atoms with E-state index < -0.39 is 29.1 Å². The number of aliphatic hydroxyl groups is 1. The number of rotatable bonds is 5. The van der Waals surface area contributed by atoms with Crippen LogP contribution >= 0.6 is 0 Å². The molecule has 18 heavy (non-hydrogen) atoms. The second-order valence-corrected chi connectivity index (χ2v) is 4.63. The molecule has 1 amide bonds. The molecule has 1 unspecified atom stereocenters. The number of amides is 1. The van der Waals surface area contributed by atoms with Crippen LogP contribution in [0.5, 0.6) is 5.75 Å². The molecule has 0 aliphatic heterocycles. The van der Waals surface area contributed by atoms with Gasteiger partial charge in [-0.15, -0.1) is 0 Å². The Balaban J connectivity index is 2.61. The lowest BCUT2D eigenvalue weighted by molar-refractivity contribution is 0.0893. The third kappa shape index (κ3) is 4.00. The van der Waals surface area contributed by atoms with E-state index in [9.17, 15) is 19.4 Å². The van der Waals surface area contributed by atoms with Crippen molar-refractivity contribution in [1.82, 2.24) is 5.32 Å². The van der Waals surface area contributed by atoms with Gasteiger partial charge in [0.25, 0.3) is 5.91 Å².